The number of hydrogen-bond donors (Lipinski definition) is 1. The molecule has 0 aliphatic carbocycles. The van der Waals surface area contributed by atoms with E-state index in [9.17, 15) is 4.79 Å². The van der Waals surface area contributed by atoms with Crippen LogP contribution in [-0.2, 0) is 4.79 Å². The maximum absolute atomic E-state index is 11.5. The Bertz CT molecular complexity index is 404. The van der Waals surface area contributed by atoms with Gasteiger partial charge in [-0.3, -0.25) is 0 Å². The number of ether oxygens (including phenoxy) is 1. The number of esters is 1. The van der Waals surface area contributed by atoms with Gasteiger partial charge in [-0.05, 0) is 30.5 Å². The molecule has 0 heterocycles. The van der Waals surface area contributed by atoms with Crippen molar-refractivity contribution in [2.75, 3.05) is 6.61 Å². The van der Waals surface area contributed by atoms with Crippen LogP contribution in [-0.4, -0.2) is 17.7 Å². The SMILES string of the molecule is C=Cc1ccc(OC(=O)C(=C)CCCO)cc1. The third kappa shape index (κ3) is 4.25. The molecule has 17 heavy (non-hydrogen) atoms. The van der Waals surface area contributed by atoms with Crippen LogP contribution in [0, 0.1) is 0 Å². The number of rotatable bonds is 6. The Morgan fingerprint density at radius 2 is 2.00 bits per heavy atom. The summed E-state index contributed by atoms with van der Waals surface area (Å²) in [6.07, 6.45) is 2.68. The Morgan fingerprint density at radius 3 is 2.53 bits per heavy atom. The lowest BCUT2D eigenvalue weighted by atomic mass is 10.2. The van der Waals surface area contributed by atoms with Gasteiger partial charge in [0.2, 0.25) is 0 Å². The van der Waals surface area contributed by atoms with Crippen LogP contribution in [0.15, 0.2) is 43.0 Å². The van der Waals surface area contributed by atoms with Crippen molar-refractivity contribution in [3.8, 4) is 5.75 Å². The number of carbonyl (C=O) groups is 1. The molecule has 0 spiro atoms. The van der Waals surface area contributed by atoms with E-state index in [1.54, 1.807) is 18.2 Å². The van der Waals surface area contributed by atoms with Crippen LogP contribution in [0.25, 0.3) is 6.08 Å². The lowest BCUT2D eigenvalue weighted by Crippen LogP contribution is -2.10. The Labute approximate surface area is 101 Å². The topological polar surface area (TPSA) is 46.5 Å². The van der Waals surface area contributed by atoms with Gasteiger partial charge in [-0.2, -0.15) is 0 Å². The predicted molar refractivity (Wildman–Crippen MR) is 67.6 cm³/mol. The first-order valence-corrected chi connectivity index (χ1v) is 5.40. The summed E-state index contributed by atoms with van der Waals surface area (Å²) in [6.45, 7) is 7.30. The van der Waals surface area contributed by atoms with Crippen LogP contribution in [0.5, 0.6) is 5.75 Å². The van der Waals surface area contributed by atoms with Crippen molar-refractivity contribution in [3.05, 3.63) is 48.6 Å². The minimum absolute atomic E-state index is 0.0420. The zero-order valence-corrected chi connectivity index (χ0v) is 9.69. The normalized spacial score (nSPS) is 9.71. The van der Waals surface area contributed by atoms with Gasteiger partial charge in [0, 0.05) is 12.2 Å². The molecule has 0 saturated heterocycles. The predicted octanol–water partition coefficient (Wildman–Crippen LogP) is 2.56. The highest BCUT2D eigenvalue weighted by atomic mass is 16.5. The molecule has 0 radical (unpaired) electrons. The largest absolute Gasteiger partial charge is 0.423 e. The van der Waals surface area contributed by atoms with E-state index in [1.807, 2.05) is 12.1 Å². The molecule has 0 unspecified atom stereocenters. The Kier molecular flexibility index (Phi) is 5.17. The Morgan fingerprint density at radius 1 is 1.35 bits per heavy atom. The van der Waals surface area contributed by atoms with E-state index >= 15 is 0 Å². The fourth-order valence-electron chi connectivity index (χ4n) is 1.25. The van der Waals surface area contributed by atoms with E-state index in [-0.39, 0.29) is 6.61 Å². The summed E-state index contributed by atoms with van der Waals surface area (Å²) in [5, 5.41) is 8.64. The summed E-state index contributed by atoms with van der Waals surface area (Å²) in [5.74, 6) is 0.0237. The van der Waals surface area contributed by atoms with Crippen molar-refractivity contribution in [2.45, 2.75) is 12.8 Å². The number of aliphatic hydroxyl groups is 1. The smallest absolute Gasteiger partial charge is 0.338 e. The summed E-state index contributed by atoms with van der Waals surface area (Å²) >= 11 is 0. The van der Waals surface area contributed by atoms with Gasteiger partial charge in [0.25, 0.3) is 0 Å². The molecule has 3 nitrogen and oxygen atoms in total. The van der Waals surface area contributed by atoms with Crippen LogP contribution >= 0.6 is 0 Å². The molecule has 0 saturated carbocycles. The quantitative estimate of drug-likeness (QED) is 0.466. The maximum atomic E-state index is 11.5. The lowest BCUT2D eigenvalue weighted by Gasteiger charge is -2.06. The molecular weight excluding hydrogens is 216 g/mol. The number of benzene rings is 1. The molecule has 0 bridgehead atoms. The van der Waals surface area contributed by atoms with Crippen molar-refractivity contribution < 1.29 is 14.6 Å². The van der Waals surface area contributed by atoms with Crippen LogP contribution in [0.1, 0.15) is 18.4 Å². The van der Waals surface area contributed by atoms with Gasteiger partial charge in [0.1, 0.15) is 5.75 Å². The fraction of sp³-hybridized carbons (Fsp3) is 0.214. The van der Waals surface area contributed by atoms with Gasteiger partial charge in [-0.15, -0.1) is 0 Å². The lowest BCUT2D eigenvalue weighted by molar-refractivity contribution is -0.130. The van der Waals surface area contributed by atoms with E-state index in [4.69, 9.17) is 9.84 Å². The zero-order chi connectivity index (χ0) is 12.7. The molecule has 0 aliphatic rings. The average molecular weight is 232 g/mol. The molecule has 90 valence electrons. The van der Waals surface area contributed by atoms with Crippen molar-refractivity contribution >= 4 is 12.0 Å². The fourth-order valence-corrected chi connectivity index (χ4v) is 1.25. The molecular formula is C14H16O3. The molecule has 1 aromatic rings. The van der Waals surface area contributed by atoms with Crippen LogP contribution in [0.3, 0.4) is 0 Å². The molecule has 0 fully saturated rings. The number of aliphatic hydroxyl groups excluding tert-OH is 1. The summed E-state index contributed by atoms with van der Waals surface area (Å²) in [4.78, 5) is 11.5. The molecule has 1 N–H and O–H groups in total. The van der Waals surface area contributed by atoms with Crippen molar-refractivity contribution in [1.29, 1.82) is 0 Å². The molecule has 0 amide bonds. The highest BCUT2D eigenvalue weighted by Gasteiger charge is 2.09. The van der Waals surface area contributed by atoms with Crippen molar-refractivity contribution in [3.63, 3.8) is 0 Å². The summed E-state index contributed by atoms with van der Waals surface area (Å²) < 4.78 is 5.12. The molecule has 1 aromatic carbocycles. The standard InChI is InChI=1S/C14H16O3/c1-3-12-6-8-13(9-7-12)17-14(16)11(2)5-4-10-15/h3,6-9,15H,1-2,4-5,10H2. The zero-order valence-electron chi connectivity index (χ0n) is 9.69. The van der Waals surface area contributed by atoms with Gasteiger partial charge in [-0.25, -0.2) is 4.79 Å². The van der Waals surface area contributed by atoms with E-state index in [1.165, 1.54) is 0 Å². The first-order valence-electron chi connectivity index (χ1n) is 5.40. The van der Waals surface area contributed by atoms with Crippen molar-refractivity contribution in [1.82, 2.24) is 0 Å². The van der Waals surface area contributed by atoms with E-state index < -0.39 is 5.97 Å². The van der Waals surface area contributed by atoms with Gasteiger partial charge in [-0.1, -0.05) is 31.4 Å². The van der Waals surface area contributed by atoms with Gasteiger partial charge in [0.05, 0.1) is 0 Å². The second kappa shape index (κ2) is 6.66. The third-order valence-corrected chi connectivity index (χ3v) is 2.25. The minimum Gasteiger partial charge on any atom is -0.423 e. The molecule has 0 aliphatic heterocycles. The van der Waals surface area contributed by atoms with Crippen LogP contribution in [0.4, 0.5) is 0 Å². The van der Waals surface area contributed by atoms with Gasteiger partial charge < -0.3 is 9.84 Å². The highest BCUT2D eigenvalue weighted by Crippen LogP contribution is 2.15. The van der Waals surface area contributed by atoms with Crippen LogP contribution in [0.2, 0.25) is 0 Å². The number of hydrogen-bond acceptors (Lipinski definition) is 3. The molecule has 3 heteroatoms. The molecule has 0 atom stereocenters. The first kappa shape index (κ1) is 13.2. The third-order valence-electron chi connectivity index (χ3n) is 2.25. The highest BCUT2D eigenvalue weighted by molar-refractivity contribution is 5.89. The van der Waals surface area contributed by atoms with E-state index in [0.29, 0.717) is 24.2 Å². The minimum atomic E-state index is -0.454. The van der Waals surface area contributed by atoms with E-state index in [0.717, 1.165) is 5.56 Å². The van der Waals surface area contributed by atoms with E-state index in [2.05, 4.69) is 13.2 Å². The second-order valence-electron chi connectivity index (χ2n) is 3.59. The van der Waals surface area contributed by atoms with Gasteiger partial charge >= 0.3 is 5.97 Å². The Balaban J connectivity index is 2.55. The number of carbonyl (C=O) groups excluding carboxylic acids is 1. The molecule has 1 rings (SSSR count). The average Bonchev–Trinajstić information content (AvgIpc) is 2.36. The first-order chi connectivity index (χ1) is 8.17. The summed E-state index contributed by atoms with van der Waals surface area (Å²) in [6, 6.07) is 7.03. The monoisotopic (exact) mass is 232 g/mol. The molecule has 0 aromatic heterocycles. The van der Waals surface area contributed by atoms with Crippen molar-refractivity contribution in [2.24, 2.45) is 0 Å². The van der Waals surface area contributed by atoms with Crippen LogP contribution < -0.4 is 4.74 Å². The summed E-state index contributed by atoms with van der Waals surface area (Å²) in [5.41, 5.74) is 1.33. The second-order valence-corrected chi connectivity index (χ2v) is 3.59. The van der Waals surface area contributed by atoms with Gasteiger partial charge in [0.15, 0.2) is 0 Å². The maximum Gasteiger partial charge on any atom is 0.338 e. The summed E-state index contributed by atoms with van der Waals surface area (Å²) in [7, 11) is 0. The Hall–Kier alpha value is -1.87.